The average molecular weight is 235 g/mol. The zero-order valence-corrected chi connectivity index (χ0v) is 10.9. The first-order valence-corrected chi connectivity index (χ1v) is 6.37. The lowest BCUT2D eigenvalue weighted by Crippen LogP contribution is -2.45. The van der Waals surface area contributed by atoms with Crippen LogP contribution in [0.3, 0.4) is 0 Å². The van der Waals surface area contributed by atoms with Gasteiger partial charge in [0.25, 0.3) is 0 Å². The SMILES string of the molecule is CCn1nc(C)cc1CC(=O)C1(C)CCCN1. The van der Waals surface area contributed by atoms with Crippen molar-refractivity contribution < 1.29 is 4.79 Å². The van der Waals surface area contributed by atoms with Crippen molar-refractivity contribution in [1.29, 1.82) is 0 Å². The summed E-state index contributed by atoms with van der Waals surface area (Å²) in [7, 11) is 0. The standard InChI is InChI=1S/C13H21N3O/c1-4-16-11(8-10(2)15-16)9-12(17)13(3)6-5-7-14-13/h8,14H,4-7,9H2,1-3H3. The number of aromatic nitrogens is 2. The van der Waals surface area contributed by atoms with Gasteiger partial charge < -0.3 is 5.32 Å². The Labute approximate surface area is 102 Å². The fraction of sp³-hybridized carbons (Fsp3) is 0.692. The largest absolute Gasteiger partial charge is 0.305 e. The molecule has 17 heavy (non-hydrogen) atoms. The molecule has 1 atom stereocenters. The third kappa shape index (κ3) is 2.41. The average Bonchev–Trinajstić information content (AvgIpc) is 2.86. The number of aryl methyl sites for hydroxylation is 2. The topological polar surface area (TPSA) is 46.9 Å². The van der Waals surface area contributed by atoms with Gasteiger partial charge in [-0.3, -0.25) is 9.48 Å². The molecule has 4 nitrogen and oxygen atoms in total. The van der Waals surface area contributed by atoms with Gasteiger partial charge in [0.05, 0.1) is 17.7 Å². The molecule has 0 aromatic carbocycles. The molecule has 0 saturated carbocycles. The molecule has 0 bridgehead atoms. The zero-order chi connectivity index (χ0) is 12.5. The van der Waals surface area contributed by atoms with E-state index < -0.39 is 0 Å². The minimum Gasteiger partial charge on any atom is -0.305 e. The lowest BCUT2D eigenvalue weighted by Gasteiger charge is -2.22. The van der Waals surface area contributed by atoms with Gasteiger partial charge in [0.2, 0.25) is 0 Å². The lowest BCUT2D eigenvalue weighted by molar-refractivity contribution is -0.123. The van der Waals surface area contributed by atoms with Gasteiger partial charge in [-0.1, -0.05) is 0 Å². The number of ketones is 1. The van der Waals surface area contributed by atoms with E-state index in [1.807, 2.05) is 24.6 Å². The molecule has 2 heterocycles. The molecule has 1 aliphatic rings. The highest BCUT2D eigenvalue weighted by Crippen LogP contribution is 2.21. The first-order chi connectivity index (χ1) is 8.05. The van der Waals surface area contributed by atoms with Gasteiger partial charge in [-0.25, -0.2) is 0 Å². The number of hydrogen-bond donors (Lipinski definition) is 1. The number of carbonyl (C=O) groups excluding carboxylic acids is 1. The van der Waals surface area contributed by atoms with Crippen LogP contribution in [0.15, 0.2) is 6.07 Å². The van der Waals surface area contributed by atoms with E-state index in [0.717, 1.165) is 37.3 Å². The van der Waals surface area contributed by atoms with E-state index >= 15 is 0 Å². The Morgan fingerprint density at radius 3 is 3.00 bits per heavy atom. The molecule has 4 heteroatoms. The third-order valence-corrected chi connectivity index (χ3v) is 3.61. The molecule has 1 fully saturated rings. The van der Waals surface area contributed by atoms with Crippen molar-refractivity contribution in [2.24, 2.45) is 0 Å². The fourth-order valence-corrected chi connectivity index (χ4v) is 2.51. The highest BCUT2D eigenvalue weighted by molar-refractivity contribution is 5.89. The van der Waals surface area contributed by atoms with Crippen LogP contribution in [0.1, 0.15) is 38.1 Å². The molecule has 1 N–H and O–H groups in total. The number of carbonyl (C=O) groups is 1. The zero-order valence-electron chi connectivity index (χ0n) is 10.9. The Hall–Kier alpha value is -1.16. The number of hydrogen-bond acceptors (Lipinski definition) is 3. The summed E-state index contributed by atoms with van der Waals surface area (Å²) in [5.74, 6) is 0.282. The van der Waals surface area contributed by atoms with Crippen LogP contribution >= 0.6 is 0 Å². The number of rotatable bonds is 4. The van der Waals surface area contributed by atoms with Crippen LogP contribution < -0.4 is 5.32 Å². The number of nitrogens with one attached hydrogen (secondary N) is 1. The molecular weight excluding hydrogens is 214 g/mol. The highest BCUT2D eigenvalue weighted by atomic mass is 16.1. The normalized spacial score (nSPS) is 24.2. The van der Waals surface area contributed by atoms with Crippen molar-refractivity contribution in [3.63, 3.8) is 0 Å². The Morgan fingerprint density at radius 2 is 2.41 bits per heavy atom. The molecule has 2 rings (SSSR count). The first-order valence-electron chi connectivity index (χ1n) is 6.37. The second-order valence-corrected chi connectivity index (χ2v) is 5.06. The van der Waals surface area contributed by atoms with Crippen LogP contribution in [-0.4, -0.2) is 27.6 Å². The van der Waals surface area contributed by atoms with Gasteiger partial charge >= 0.3 is 0 Å². The molecule has 94 valence electrons. The molecule has 0 spiro atoms. The van der Waals surface area contributed by atoms with E-state index in [-0.39, 0.29) is 11.3 Å². The Kier molecular flexibility index (Phi) is 3.33. The maximum atomic E-state index is 12.3. The van der Waals surface area contributed by atoms with Crippen LogP contribution in [0.5, 0.6) is 0 Å². The summed E-state index contributed by atoms with van der Waals surface area (Å²) >= 11 is 0. The Morgan fingerprint density at radius 1 is 1.65 bits per heavy atom. The van der Waals surface area contributed by atoms with Crippen LogP contribution in [0.4, 0.5) is 0 Å². The quantitative estimate of drug-likeness (QED) is 0.859. The number of Topliss-reactive ketones (excluding diaryl/α,β-unsaturated/α-hetero) is 1. The summed E-state index contributed by atoms with van der Waals surface area (Å²) in [6, 6.07) is 2.01. The summed E-state index contributed by atoms with van der Waals surface area (Å²) < 4.78 is 1.92. The van der Waals surface area contributed by atoms with Gasteiger partial charge in [-0.2, -0.15) is 5.10 Å². The van der Waals surface area contributed by atoms with Crippen molar-refractivity contribution in [2.45, 2.75) is 52.1 Å². The van der Waals surface area contributed by atoms with Crippen LogP contribution in [0.25, 0.3) is 0 Å². The second kappa shape index (κ2) is 4.61. The molecular formula is C13H21N3O. The van der Waals surface area contributed by atoms with Gasteiger partial charge in [0, 0.05) is 12.2 Å². The molecule has 0 radical (unpaired) electrons. The molecule has 0 amide bonds. The van der Waals surface area contributed by atoms with Crippen LogP contribution in [-0.2, 0) is 17.8 Å². The molecule has 1 aliphatic heterocycles. The summed E-state index contributed by atoms with van der Waals surface area (Å²) in [4.78, 5) is 12.3. The molecule has 1 saturated heterocycles. The summed E-state index contributed by atoms with van der Waals surface area (Å²) in [6.45, 7) is 7.81. The van der Waals surface area contributed by atoms with Gasteiger partial charge in [-0.15, -0.1) is 0 Å². The predicted octanol–water partition coefficient (Wildman–Crippen LogP) is 1.47. The summed E-state index contributed by atoms with van der Waals surface area (Å²) in [5, 5.41) is 7.69. The third-order valence-electron chi connectivity index (χ3n) is 3.61. The van der Waals surface area contributed by atoms with Gasteiger partial charge in [0.1, 0.15) is 0 Å². The molecule has 1 aromatic heterocycles. The maximum absolute atomic E-state index is 12.3. The van der Waals surface area contributed by atoms with Gasteiger partial charge in [-0.05, 0) is 46.2 Å². The summed E-state index contributed by atoms with van der Waals surface area (Å²) in [6.07, 6.45) is 2.53. The van der Waals surface area contributed by atoms with E-state index in [2.05, 4.69) is 17.3 Å². The van der Waals surface area contributed by atoms with E-state index in [1.54, 1.807) is 0 Å². The monoisotopic (exact) mass is 235 g/mol. The van der Waals surface area contributed by atoms with Crippen molar-refractivity contribution in [1.82, 2.24) is 15.1 Å². The lowest BCUT2D eigenvalue weighted by atomic mass is 9.91. The van der Waals surface area contributed by atoms with Gasteiger partial charge in [0.15, 0.2) is 5.78 Å². The van der Waals surface area contributed by atoms with E-state index in [1.165, 1.54) is 0 Å². The van der Waals surface area contributed by atoms with Crippen molar-refractivity contribution in [3.05, 3.63) is 17.5 Å². The molecule has 1 unspecified atom stereocenters. The number of nitrogens with zero attached hydrogens (tertiary/aromatic N) is 2. The van der Waals surface area contributed by atoms with Crippen LogP contribution in [0.2, 0.25) is 0 Å². The van der Waals surface area contributed by atoms with Crippen molar-refractivity contribution in [2.75, 3.05) is 6.54 Å². The Bertz CT molecular complexity index is 416. The summed E-state index contributed by atoms with van der Waals surface area (Å²) in [5.41, 5.74) is 1.70. The minimum absolute atomic E-state index is 0.282. The van der Waals surface area contributed by atoms with E-state index in [0.29, 0.717) is 6.42 Å². The molecule has 1 aromatic rings. The van der Waals surface area contributed by atoms with E-state index in [4.69, 9.17) is 0 Å². The van der Waals surface area contributed by atoms with E-state index in [9.17, 15) is 4.79 Å². The van der Waals surface area contributed by atoms with Crippen molar-refractivity contribution >= 4 is 5.78 Å². The second-order valence-electron chi connectivity index (χ2n) is 5.06. The maximum Gasteiger partial charge on any atom is 0.158 e. The highest BCUT2D eigenvalue weighted by Gasteiger charge is 2.35. The predicted molar refractivity (Wildman–Crippen MR) is 67.0 cm³/mol. The Balaban J connectivity index is 2.12. The smallest absolute Gasteiger partial charge is 0.158 e. The minimum atomic E-state index is -0.323. The first kappa shape index (κ1) is 12.3. The fourth-order valence-electron chi connectivity index (χ4n) is 2.51. The van der Waals surface area contributed by atoms with Crippen LogP contribution in [0, 0.1) is 6.92 Å². The van der Waals surface area contributed by atoms with Crippen molar-refractivity contribution in [3.8, 4) is 0 Å². The molecule has 0 aliphatic carbocycles.